The van der Waals surface area contributed by atoms with Crippen LogP contribution in [0.4, 0.5) is 0 Å². The first-order valence-corrected chi connectivity index (χ1v) is 7.34. The van der Waals surface area contributed by atoms with Gasteiger partial charge >= 0.3 is 0 Å². The molecule has 0 saturated carbocycles. The van der Waals surface area contributed by atoms with Crippen LogP contribution >= 0.6 is 0 Å². The van der Waals surface area contributed by atoms with E-state index in [2.05, 4.69) is 24.2 Å². The van der Waals surface area contributed by atoms with Gasteiger partial charge in [0.25, 0.3) is 0 Å². The predicted octanol–water partition coefficient (Wildman–Crippen LogP) is 1.88. The Bertz CT molecular complexity index is 214. The molecule has 2 aliphatic heterocycles. The quantitative estimate of drug-likeness (QED) is 0.812. The molecule has 3 atom stereocenters. The van der Waals surface area contributed by atoms with Gasteiger partial charge in [0.1, 0.15) is 0 Å². The molecule has 1 N–H and O–H groups in total. The Hall–Kier alpha value is -0.120. The summed E-state index contributed by atoms with van der Waals surface area (Å²) in [6.45, 7) is 6.95. The fourth-order valence-electron chi connectivity index (χ4n) is 3.31. The standard InChI is InChI=1S/C14H28N2O/c1-3-12-10-16(8-7-14(12)15-2)11-13-6-4-5-9-17-13/h12-15H,3-11H2,1-2H3. The highest BCUT2D eigenvalue weighted by molar-refractivity contribution is 4.85. The second-order valence-corrected chi connectivity index (χ2v) is 5.60. The highest BCUT2D eigenvalue weighted by Gasteiger charge is 2.28. The summed E-state index contributed by atoms with van der Waals surface area (Å²) in [6.07, 6.45) is 6.97. The molecule has 3 unspecified atom stereocenters. The van der Waals surface area contributed by atoms with Gasteiger partial charge in [0.05, 0.1) is 6.10 Å². The number of piperidine rings is 1. The third-order valence-corrected chi connectivity index (χ3v) is 4.45. The molecule has 2 aliphatic rings. The van der Waals surface area contributed by atoms with Crippen molar-refractivity contribution in [3.8, 4) is 0 Å². The van der Waals surface area contributed by atoms with Crippen molar-refractivity contribution >= 4 is 0 Å². The van der Waals surface area contributed by atoms with Crippen LogP contribution in [0, 0.1) is 5.92 Å². The fraction of sp³-hybridized carbons (Fsp3) is 1.00. The molecule has 3 heteroatoms. The van der Waals surface area contributed by atoms with Crippen molar-refractivity contribution in [2.75, 3.05) is 33.3 Å². The number of ether oxygens (including phenoxy) is 1. The minimum atomic E-state index is 0.507. The monoisotopic (exact) mass is 240 g/mol. The summed E-state index contributed by atoms with van der Waals surface area (Å²) >= 11 is 0. The van der Waals surface area contributed by atoms with Crippen LogP contribution in [0.1, 0.15) is 39.0 Å². The Morgan fingerprint density at radius 1 is 1.29 bits per heavy atom. The third kappa shape index (κ3) is 3.67. The molecule has 0 radical (unpaired) electrons. The summed E-state index contributed by atoms with van der Waals surface area (Å²) in [5.41, 5.74) is 0. The number of hydrogen-bond acceptors (Lipinski definition) is 3. The average Bonchev–Trinajstić information content (AvgIpc) is 2.40. The molecule has 2 heterocycles. The number of nitrogens with zero attached hydrogens (tertiary/aromatic N) is 1. The second-order valence-electron chi connectivity index (χ2n) is 5.60. The number of nitrogens with one attached hydrogen (secondary N) is 1. The van der Waals surface area contributed by atoms with E-state index in [4.69, 9.17) is 4.74 Å². The van der Waals surface area contributed by atoms with Gasteiger partial charge in [0.15, 0.2) is 0 Å². The molecule has 0 amide bonds. The summed E-state index contributed by atoms with van der Waals surface area (Å²) in [4.78, 5) is 2.62. The van der Waals surface area contributed by atoms with Gasteiger partial charge in [-0.05, 0) is 45.2 Å². The molecule has 0 aliphatic carbocycles. The van der Waals surface area contributed by atoms with Crippen LogP contribution in [0.15, 0.2) is 0 Å². The maximum Gasteiger partial charge on any atom is 0.0702 e. The van der Waals surface area contributed by atoms with E-state index in [0.29, 0.717) is 6.10 Å². The molecule has 2 saturated heterocycles. The normalized spacial score (nSPS) is 36.0. The van der Waals surface area contributed by atoms with E-state index in [-0.39, 0.29) is 0 Å². The minimum Gasteiger partial charge on any atom is -0.377 e. The SMILES string of the molecule is CCC1CN(CC2CCCCO2)CCC1NC. The number of likely N-dealkylation sites (tertiary alicyclic amines) is 1. The maximum absolute atomic E-state index is 5.85. The molecule has 3 nitrogen and oxygen atoms in total. The Labute approximate surface area is 106 Å². The Morgan fingerprint density at radius 3 is 2.82 bits per heavy atom. The van der Waals surface area contributed by atoms with Crippen molar-refractivity contribution in [1.82, 2.24) is 10.2 Å². The van der Waals surface area contributed by atoms with Gasteiger partial charge in [0.2, 0.25) is 0 Å². The van der Waals surface area contributed by atoms with Crippen molar-refractivity contribution in [3.05, 3.63) is 0 Å². The molecule has 0 bridgehead atoms. The third-order valence-electron chi connectivity index (χ3n) is 4.45. The van der Waals surface area contributed by atoms with Gasteiger partial charge in [0, 0.05) is 25.7 Å². The van der Waals surface area contributed by atoms with E-state index < -0.39 is 0 Å². The predicted molar refractivity (Wildman–Crippen MR) is 71.3 cm³/mol. The summed E-state index contributed by atoms with van der Waals surface area (Å²) in [5, 5.41) is 3.47. The molecule has 0 aromatic heterocycles. The maximum atomic E-state index is 5.85. The smallest absolute Gasteiger partial charge is 0.0702 e. The molecule has 100 valence electrons. The zero-order valence-electron chi connectivity index (χ0n) is 11.5. The first-order valence-electron chi connectivity index (χ1n) is 7.34. The molecule has 2 fully saturated rings. The number of rotatable bonds is 4. The van der Waals surface area contributed by atoms with E-state index in [9.17, 15) is 0 Å². The summed E-state index contributed by atoms with van der Waals surface area (Å²) in [7, 11) is 2.10. The van der Waals surface area contributed by atoms with E-state index in [0.717, 1.165) is 25.1 Å². The molecule has 17 heavy (non-hydrogen) atoms. The van der Waals surface area contributed by atoms with Gasteiger partial charge in [-0.25, -0.2) is 0 Å². The van der Waals surface area contributed by atoms with Crippen LogP contribution in [0.2, 0.25) is 0 Å². The van der Waals surface area contributed by atoms with Crippen molar-refractivity contribution in [1.29, 1.82) is 0 Å². The topological polar surface area (TPSA) is 24.5 Å². The zero-order valence-corrected chi connectivity index (χ0v) is 11.5. The van der Waals surface area contributed by atoms with Crippen molar-refractivity contribution in [3.63, 3.8) is 0 Å². The van der Waals surface area contributed by atoms with Crippen LogP contribution in [0.25, 0.3) is 0 Å². The lowest BCUT2D eigenvalue weighted by Gasteiger charge is -2.40. The van der Waals surface area contributed by atoms with Crippen LogP contribution in [0.3, 0.4) is 0 Å². The van der Waals surface area contributed by atoms with E-state index in [1.54, 1.807) is 0 Å². The Balaban J connectivity index is 1.78. The van der Waals surface area contributed by atoms with Crippen molar-refractivity contribution in [2.24, 2.45) is 5.92 Å². The molecule has 0 aromatic rings. The molecular weight excluding hydrogens is 212 g/mol. The molecule has 2 rings (SSSR count). The number of hydrogen-bond donors (Lipinski definition) is 1. The van der Waals surface area contributed by atoms with E-state index in [1.807, 2.05) is 0 Å². The van der Waals surface area contributed by atoms with Gasteiger partial charge in [-0.2, -0.15) is 0 Å². The highest BCUT2D eigenvalue weighted by Crippen LogP contribution is 2.22. The summed E-state index contributed by atoms with van der Waals surface area (Å²) < 4.78 is 5.85. The van der Waals surface area contributed by atoms with Gasteiger partial charge in [-0.3, -0.25) is 0 Å². The molecule has 0 aromatic carbocycles. The van der Waals surface area contributed by atoms with Crippen LogP contribution in [-0.2, 0) is 4.74 Å². The second kappa shape index (κ2) is 6.72. The van der Waals surface area contributed by atoms with E-state index >= 15 is 0 Å². The summed E-state index contributed by atoms with van der Waals surface area (Å²) in [6, 6.07) is 0.725. The largest absolute Gasteiger partial charge is 0.377 e. The fourth-order valence-corrected chi connectivity index (χ4v) is 3.31. The summed E-state index contributed by atoms with van der Waals surface area (Å²) in [5.74, 6) is 0.817. The van der Waals surface area contributed by atoms with Gasteiger partial charge < -0.3 is 15.0 Å². The minimum absolute atomic E-state index is 0.507. The van der Waals surface area contributed by atoms with Crippen molar-refractivity contribution < 1.29 is 4.74 Å². The first kappa shape index (κ1) is 13.3. The molecule has 0 spiro atoms. The van der Waals surface area contributed by atoms with Crippen molar-refractivity contribution in [2.45, 2.75) is 51.2 Å². The van der Waals surface area contributed by atoms with E-state index in [1.165, 1.54) is 45.2 Å². The lowest BCUT2D eigenvalue weighted by molar-refractivity contribution is -0.0154. The van der Waals surface area contributed by atoms with Gasteiger partial charge in [-0.1, -0.05) is 13.3 Å². The highest BCUT2D eigenvalue weighted by atomic mass is 16.5. The Kier molecular flexibility index (Phi) is 5.26. The van der Waals surface area contributed by atoms with Gasteiger partial charge in [-0.15, -0.1) is 0 Å². The Morgan fingerprint density at radius 2 is 2.18 bits per heavy atom. The molecular formula is C14H28N2O. The first-order chi connectivity index (χ1) is 8.33. The lowest BCUT2D eigenvalue weighted by Crippen LogP contribution is -2.50. The average molecular weight is 240 g/mol. The van der Waals surface area contributed by atoms with Crippen LogP contribution in [0.5, 0.6) is 0 Å². The lowest BCUT2D eigenvalue weighted by atomic mass is 9.89. The zero-order chi connectivity index (χ0) is 12.1. The van der Waals surface area contributed by atoms with Crippen LogP contribution in [-0.4, -0.2) is 50.3 Å². The van der Waals surface area contributed by atoms with Crippen LogP contribution < -0.4 is 5.32 Å².